The number of aromatic hydroxyl groups is 1. The number of nitrogens with zero attached hydrogens (tertiary/aromatic N) is 3. The SMILES string of the molecule is O=C(O)CCc1ccc(O)c(-n2nc3cc4ccccc4cc3n2)c1. The first-order valence-electron chi connectivity index (χ1n) is 7.90. The van der Waals surface area contributed by atoms with Crippen molar-refractivity contribution in [1.29, 1.82) is 0 Å². The fourth-order valence-corrected chi connectivity index (χ4v) is 2.85. The Kier molecular flexibility index (Phi) is 3.57. The number of hydrogen-bond donors (Lipinski definition) is 2. The zero-order chi connectivity index (χ0) is 17.4. The minimum atomic E-state index is -0.857. The third-order valence-electron chi connectivity index (χ3n) is 4.13. The van der Waals surface area contributed by atoms with E-state index < -0.39 is 5.97 Å². The second-order valence-corrected chi connectivity index (χ2v) is 5.89. The molecule has 0 spiro atoms. The Bertz CT molecular complexity index is 1050. The van der Waals surface area contributed by atoms with Crippen molar-refractivity contribution in [2.45, 2.75) is 12.8 Å². The van der Waals surface area contributed by atoms with Crippen molar-refractivity contribution < 1.29 is 15.0 Å². The predicted octanol–water partition coefficient (Wildman–Crippen LogP) is 3.30. The van der Waals surface area contributed by atoms with Crippen LogP contribution in [0.25, 0.3) is 27.5 Å². The van der Waals surface area contributed by atoms with Gasteiger partial charge in [-0.3, -0.25) is 4.79 Å². The summed E-state index contributed by atoms with van der Waals surface area (Å²) in [5.74, 6) is -0.812. The molecule has 0 fully saturated rings. The monoisotopic (exact) mass is 333 g/mol. The van der Waals surface area contributed by atoms with Crippen LogP contribution < -0.4 is 0 Å². The Labute approximate surface area is 142 Å². The summed E-state index contributed by atoms with van der Waals surface area (Å²) < 4.78 is 0. The number of carbonyl (C=O) groups is 1. The zero-order valence-electron chi connectivity index (χ0n) is 13.3. The minimum Gasteiger partial charge on any atom is -0.506 e. The van der Waals surface area contributed by atoms with E-state index in [1.165, 1.54) is 10.9 Å². The number of phenols is 1. The van der Waals surface area contributed by atoms with Crippen molar-refractivity contribution in [3.05, 3.63) is 60.2 Å². The highest BCUT2D eigenvalue weighted by atomic mass is 16.4. The topological polar surface area (TPSA) is 88.2 Å². The molecule has 6 nitrogen and oxygen atoms in total. The van der Waals surface area contributed by atoms with E-state index in [1.54, 1.807) is 12.1 Å². The van der Waals surface area contributed by atoms with E-state index >= 15 is 0 Å². The van der Waals surface area contributed by atoms with Gasteiger partial charge in [-0.1, -0.05) is 30.3 Å². The van der Waals surface area contributed by atoms with Crippen molar-refractivity contribution in [3.8, 4) is 11.4 Å². The van der Waals surface area contributed by atoms with Crippen LogP contribution in [0.15, 0.2) is 54.6 Å². The molecular weight excluding hydrogens is 318 g/mol. The van der Waals surface area contributed by atoms with E-state index in [-0.39, 0.29) is 12.2 Å². The molecule has 0 aliphatic heterocycles. The lowest BCUT2D eigenvalue weighted by atomic mass is 10.1. The van der Waals surface area contributed by atoms with Gasteiger partial charge < -0.3 is 10.2 Å². The highest BCUT2D eigenvalue weighted by Gasteiger charge is 2.11. The maximum absolute atomic E-state index is 10.7. The van der Waals surface area contributed by atoms with Gasteiger partial charge in [0.15, 0.2) is 0 Å². The molecule has 6 heteroatoms. The summed E-state index contributed by atoms with van der Waals surface area (Å²) in [5.41, 5.74) is 2.70. The molecule has 0 bridgehead atoms. The first-order chi connectivity index (χ1) is 12.1. The Morgan fingerprint density at radius 1 is 0.960 bits per heavy atom. The van der Waals surface area contributed by atoms with E-state index in [4.69, 9.17) is 5.11 Å². The van der Waals surface area contributed by atoms with Crippen molar-refractivity contribution in [2.75, 3.05) is 0 Å². The lowest BCUT2D eigenvalue weighted by molar-refractivity contribution is -0.136. The van der Waals surface area contributed by atoms with Gasteiger partial charge >= 0.3 is 5.97 Å². The number of benzene rings is 3. The van der Waals surface area contributed by atoms with E-state index in [0.29, 0.717) is 12.1 Å². The van der Waals surface area contributed by atoms with Gasteiger partial charge in [0.2, 0.25) is 0 Å². The molecule has 0 aliphatic rings. The van der Waals surface area contributed by atoms with E-state index in [9.17, 15) is 9.90 Å². The van der Waals surface area contributed by atoms with E-state index in [2.05, 4.69) is 10.2 Å². The molecule has 3 aromatic carbocycles. The third-order valence-corrected chi connectivity index (χ3v) is 4.13. The molecule has 124 valence electrons. The van der Waals surface area contributed by atoms with Crippen LogP contribution in [0.3, 0.4) is 0 Å². The standard InChI is InChI=1S/C19H15N3O3/c23-18-7-5-12(6-8-19(24)25)9-17(18)22-20-15-10-13-3-1-2-4-14(13)11-16(15)21-22/h1-5,7,9-11,23H,6,8H2,(H,24,25). The lowest BCUT2D eigenvalue weighted by Gasteiger charge is -2.06. The van der Waals surface area contributed by atoms with Crippen molar-refractivity contribution in [2.24, 2.45) is 0 Å². The highest BCUT2D eigenvalue weighted by Crippen LogP contribution is 2.25. The van der Waals surface area contributed by atoms with Crippen LogP contribution in [0.2, 0.25) is 0 Å². The molecular formula is C19H15N3O3. The molecule has 0 amide bonds. The maximum Gasteiger partial charge on any atom is 0.303 e. The molecule has 1 heterocycles. The minimum absolute atomic E-state index is 0.0319. The van der Waals surface area contributed by atoms with Crippen LogP contribution in [0.5, 0.6) is 5.75 Å². The quantitative estimate of drug-likeness (QED) is 0.598. The van der Waals surface area contributed by atoms with E-state index in [0.717, 1.165) is 27.4 Å². The summed E-state index contributed by atoms with van der Waals surface area (Å²) in [7, 11) is 0. The van der Waals surface area contributed by atoms with Gasteiger partial charge in [0.05, 0.1) is 0 Å². The van der Waals surface area contributed by atoms with Crippen molar-refractivity contribution in [1.82, 2.24) is 15.0 Å². The van der Waals surface area contributed by atoms with Gasteiger partial charge in [-0.05, 0) is 47.0 Å². The summed E-state index contributed by atoms with van der Waals surface area (Å²) in [6.07, 6.45) is 0.414. The van der Waals surface area contributed by atoms with Gasteiger partial charge in [0, 0.05) is 6.42 Å². The first kappa shape index (κ1) is 15.1. The molecule has 0 unspecified atom stereocenters. The molecule has 0 saturated heterocycles. The van der Waals surface area contributed by atoms with Gasteiger partial charge in [-0.25, -0.2) is 0 Å². The molecule has 25 heavy (non-hydrogen) atoms. The average Bonchev–Trinajstić information content (AvgIpc) is 3.01. The molecule has 0 aliphatic carbocycles. The van der Waals surface area contributed by atoms with Crippen LogP contribution in [0.1, 0.15) is 12.0 Å². The maximum atomic E-state index is 10.7. The Morgan fingerprint density at radius 2 is 1.60 bits per heavy atom. The van der Waals surface area contributed by atoms with Gasteiger partial charge in [0.1, 0.15) is 22.5 Å². The summed E-state index contributed by atoms with van der Waals surface area (Å²) >= 11 is 0. The molecule has 1 aromatic heterocycles. The highest BCUT2D eigenvalue weighted by molar-refractivity contribution is 5.94. The Hall–Kier alpha value is -3.41. The summed E-state index contributed by atoms with van der Waals surface area (Å²) in [6.45, 7) is 0. The molecule has 2 N–H and O–H groups in total. The number of fused-ring (bicyclic) bond motifs is 2. The summed E-state index contributed by atoms with van der Waals surface area (Å²) in [4.78, 5) is 12.1. The number of carboxylic acid groups (broad SMARTS) is 1. The number of hydrogen-bond acceptors (Lipinski definition) is 4. The largest absolute Gasteiger partial charge is 0.506 e. The smallest absolute Gasteiger partial charge is 0.303 e. The van der Waals surface area contributed by atoms with Crippen LogP contribution >= 0.6 is 0 Å². The van der Waals surface area contributed by atoms with Gasteiger partial charge in [-0.15, -0.1) is 15.0 Å². The van der Waals surface area contributed by atoms with E-state index in [1.807, 2.05) is 36.4 Å². The number of aryl methyl sites for hydroxylation is 1. The zero-order valence-corrected chi connectivity index (χ0v) is 13.3. The number of aliphatic carboxylic acids is 1. The number of phenolic OH excluding ortho intramolecular Hbond substituents is 1. The summed E-state index contributed by atoms with van der Waals surface area (Å²) in [6, 6.07) is 16.8. The Morgan fingerprint density at radius 3 is 2.20 bits per heavy atom. The number of carboxylic acids is 1. The predicted molar refractivity (Wildman–Crippen MR) is 94.0 cm³/mol. The van der Waals surface area contributed by atoms with Crippen molar-refractivity contribution >= 4 is 27.8 Å². The second kappa shape index (κ2) is 5.90. The van der Waals surface area contributed by atoms with Gasteiger partial charge in [0.25, 0.3) is 0 Å². The fourth-order valence-electron chi connectivity index (χ4n) is 2.85. The van der Waals surface area contributed by atoms with Crippen LogP contribution in [0, 0.1) is 0 Å². The molecule has 0 radical (unpaired) electrons. The molecule has 4 aromatic rings. The second-order valence-electron chi connectivity index (χ2n) is 5.89. The number of rotatable bonds is 4. The van der Waals surface area contributed by atoms with Crippen LogP contribution in [-0.2, 0) is 11.2 Å². The molecule has 0 saturated carbocycles. The lowest BCUT2D eigenvalue weighted by Crippen LogP contribution is -2.02. The van der Waals surface area contributed by atoms with Crippen LogP contribution in [-0.4, -0.2) is 31.2 Å². The van der Waals surface area contributed by atoms with Crippen LogP contribution in [0.4, 0.5) is 0 Å². The Balaban J connectivity index is 1.79. The molecule has 0 atom stereocenters. The normalized spacial score (nSPS) is 11.2. The first-order valence-corrected chi connectivity index (χ1v) is 7.90. The fraction of sp³-hybridized carbons (Fsp3) is 0.105. The van der Waals surface area contributed by atoms with Crippen molar-refractivity contribution in [3.63, 3.8) is 0 Å². The molecule has 4 rings (SSSR count). The summed E-state index contributed by atoms with van der Waals surface area (Å²) in [5, 5.41) is 30.0. The van der Waals surface area contributed by atoms with Gasteiger partial charge in [-0.2, -0.15) is 0 Å². The average molecular weight is 333 g/mol. The number of aromatic nitrogens is 3. The third kappa shape index (κ3) is 2.89.